The Bertz CT molecular complexity index is 325. The summed E-state index contributed by atoms with van der Waals surface area (Å²) in [5.41, 5.74) is 0. The maximum Gasteiger partial charge on any atom is 0.277 e. The maximum atomic E-state index is 10.3. The van der Waals surface area contributed by atoms with Gasteiger partial charge in [0.1, 0.15) is 4.58 Å². The lowest BCUT2D eigenvalue weighted by atomic mass is 10.6. The minimum atomic E-state index is -4.34. The van der Waals surface area contributed by atoms with Crippen molar-refractivity contribution in [2.24, 2.45) is 0 Å². The summed E-state index contributed by atoms with van der Waals surface area (Å²) in [6.07, 6.45) is -0.458. The van der Waals surface area contributed by atoms with Crippen LogP contribution in [0.15, 0.2) is 0 Å². The first-order valence-electron chi connectivity index (χ1n) is 2.72. The molecule has 0 aromatic rings. The lowest BCUT2D eigenvalue weighted by Crippen LogP contribution is -2.18. The summed E-state index contributed by atoms with van der Waals surface area (Å²) in [4.78, 5) is 0. The molecular formula is C3H8O6S3. The van der Waals surface area contributed by atoms with Crippen LogP contribution in [0.1, 0.15) is 6.42 Å². The van der Waals surface area contributed by atoms with E-state index in [2.05, 4.69) is 12.6 Å². The van der Waals surface area contributed by atoms with Crippen molar-refractivity contribution in [3.8, 4) is 0 Å². The normalized spacial score (nSPS) is 15.9. The fourth-order valence-corrected chi connectivity index (χ4v) is 1.80. The Balaban J connectivity index is 4.16. The lowest BCUT2D eigenvalue weighted by Gasteiger charge is -2.04. The first-order valence-corrected chi connectivity index (χ1v) is 6.35. The fourth-order valence-electron chi connectivity index (χ4n) is 0.399. The molecule has 0 heterocycles. The van der Waals surface area contributed by atoms with Gasteiger partial charge in [0.25, 0.3) is 20.2 Å². The van der Waals surface area contributed by atoms with Crippen molar-refractivity contribution in [2.45, 2.75) is 11.0 Å². The highest BCUT2D eigenvalue weighted by Crippen LogP contribution is 2.09. The summed E-state index contributed by atoms with van der Waals surface area (Å²) >= 11 is 3.41. The predicted octanol–water partition coefficient (Wildman–Crippen LogP) is -0.592. The van der Waals surface area contributed by atoms with Crippen molar-refractivity contribution in [3.63, 3.8) is 0 Å². The quantitative estimate of drug-likeness (QED) is 0.444. The summed E-state index contributed by atoms with van der Waals surface area (Å²) in [7, 11) is -8.54. The zero-order chi connectivity index (χ0) is 9.99. The fraction of sp³-hybridized carbons (Fsp3) is 1.00. The zero-order valence-electron chi connectivity index (χ0n) is 5.78. The van der Waals surface area contributed by atoms with Gasteiger partial charge in [-0.05, 0) is 6.42 Å². The summed E-state index contributed by atoms with van der Waals surface area (Å²) < 4.78 is 55.7. The standard InChI is InChI=1S/C3H8O6S3/c4-11(5,6)2-1-3(10)12(7,8)9/h3,10H,1-2H2,(H,4,5,6)(H,7,8,9). The van der Waals surface area contributed by atoms with E-state index in [4.69, 9.17) is 9.11 Å². The van der Waals surface area contributed by atoms with E-state index in [0.717, 1.165) is 0 Å². The van der Waals surface area contributed by atoms with Gasteiger partial charge in [-0.1, -0.05) is 0 Å². The molecule has 0 spiro atoms. The third kappa shape index (κ3) is 5.77. The number of hydrogen-bond acceptors (Lipinski definition) is 5. The largest absolute Gasteiger partial charge is 0.286 e. The van der Waals surface area contributed by atoms with Gasteiger partial charge in [0.05, 0.1) is 5.75 Å². The molecule has 0 amide bonds. The van der Waals surface area contributed by atoms with Crippen LogP contribution in [-0.2, 0) is 20.2 Å². The van der Waals surface area contributed by atoms with Gasteiger partial charge in [0.15, 0.2) is 0 Å². The molecule has 1 unspecified atom stereocenters. The second kappa shape index (κ2) is 3.92. The number of rotatable bonds is 4. The summed E-state index contributed by atoms with van der Waals surface area (Å²) in [5, 5.41) is 0. The van der Waals surface area contributed by atoms with Crippen LogP contribution in [0.4, 0.5) is 0 Å². The average molecular weight is 236 g/mol. The number of thiol groups is 1. The molecule has 0 saturated carbocycles. The van der Waals surface area contributed by atoms with Crippen LogP contribution >= 0.6 is 12.6 Å². The van der Waals surface area contributed by atoms with E-state index >= 15 is 0 Å². The van der Waals surface area contributed by atoms with E-state index in [1.165, 1.54) is 0 Å². The summed E-state index contributed by atoms with van der Waals surface area (Å²) in [5.74, 6) is -0.749. The van der Waals surface area contributed by atoms with E-state index < -0.39 is 37.0 Å². The molecule has 0 aromatic heterocycles. The minimum Gasteiger partial charge on any atom is -0.286 e. The van der Waals surface area contributed by atoms with Crippen LogP contribution < -0.4 is 0 Å². The van der Waals surface area contributed by atoms with Gasteiger partial charge in [-0.15, -0.1) is 0 Å². The Morgan fingerprint density at radius 1 is 1.17 bits per heavy atom. The van der Waals surface area contributed by atoms with Crippen LogP contribution in [0.25, 0.3) is 0 Å². The molecule has 0 fully saturated rings. The monoisotopic (exact) mass is 236 g/mol. The van der Waals surface area contributed by atoms with Crippen LogP contribution in [0, 0.1) is 0 Å². The molecule has 2 N–H and O–H groups in total. The Kier molecular flexibility index (Phi) is 3.97. The van der Waals surface area contributed by atoms with Crippen LogP contribution in [-0.4, -0.2) is 36.3 Å². The van der Waals surface area contributed by atoms with Gasteiger partial charge >= 0.3 is 0 Å². The molecule has 12 heavy (non-hydrogen) atoms. The molecule has 0 aliphatic heterocycles. The van der Waals surface area contributed by atoms with Gasteiger partial charge in [-0.2, -0.15) is 29.5 Å². The van der Waals surface area contributed by atoms with Crippen LogP contribution in [0.3, 0.4) is 0 Å². The second-order valence-electron chi connectivity index (χ2n) is 2.04. The van der Waals surface area contributed by atoms with E-state index in [0.29, 0.717) is 0 Å². The van der Waals surface area contributed by atoms with Crippen molar-refractivity contribution < 1.29 is 25.9 Å². The molecule has 6 nitrogen and oxygen atoms in total. The third-order valence-electron chi connectivity index (χ3n) is 0.967. The lowest BCUT2D eigenvalue weighted by molar-refractivity contribution is 0.474. The molecule has 0 bridgehead atoms. The Labute approximate surface area is 75.9 Å². The van der Waals surface area contributed by atoms with Crippen LogP contribution in [0.5, 0.6) is 0 Å². The van der Waals surface area contributed by atoms with Crippen molar-refractivity contribution in [1.82, 2.24) is 0 Å². The molecule has 0 saturated heterocycles. The van der Waals surface area contributed by atoms with Crippen molar-refractivity contribution in [1.29, 1.82) is 0 Å². The van der Waals surface area contributed by atoms with E-state index in [-0.39, 0.29) is 0 Å². The summed E-state index contributed by atoms with van der Waals surface area (Å²) in [6, 6.07) is 0. The second-order valence-corrected chi connectivity index (χ2v) is 6.19. The van der Waals surface area contributed by atoms with Gasteiger partial charge in [-0.3, -0.25) is 9.11 Å². The SMILES string of the molecule is O=S(=O)(O)CCC(S)S(=O)(=O)O. The molecule has 0 aromatic carbocycles. The molecule has 0 radical (unpaired) electrons. The van der Waals surface area contributed by atoms with Crippen LogP contribution in [0.2, 0.25) is 0 Å². The molecule has 0 aliphatic carbocycles. The Morgan fingerprint density at radius 3 is 1.83 bits per heavy atom. The Hall–Kier alpha value is 0.170. The summed E-state index contributed by atoms with van der Waals surface area (Å²) in [6.45, 7) is 0. The Morgan fingerprint density at radius 2 is 1.58 bits per heavy atom. The predicted molar refractivity (Wildman–Crippen MR) is 45.4 cm³/mol. The van der Waals surface area contributed by atoms with E-state index in [1.807, 2.05) is 0 Å². The van der Waals surface area contributed by atoms with Gasteiger partial charge < -0.3 is 0 Å². The minimum absolute atomic E-state index is 0.458. The maximum absolute atomic E-state index is 10.3. The van der Waals surface area contributed by atoms with Gasteiger partial charge in [0.2, 0.25) is 0 Å². The molecule has 0 rings (SSSR count). The van der Waals surface area contributed by atoms with E-state index in [1.54, 1.807) is 0 Å². The molecular weight excluding hydrogens is 228 g/mol. The van der Waals surface area contributed by atoms with Crippen molar-refractivity contribution in [2.75, 3.05) is 5.75 Å². The third-order valence-corrected chi connectivity index (χ3v) is 3.70. The van der Waals surface area contributed by atoms with Gasteiger partial charge in [0, 0.05) is 0 Å². The highest BCUT2D eigenvalue weighted by atomic mass is 32.3. The first kappa shape index (κ1) is 12.2. The highest BCUT2D eigenvalue weighted by Gasteiger charge is 2.20. The number of hydrogen-bond donors (Lipinski definition) is 3. The van der Waals surface area contributed by atoms with Crippen molar-refractivity contribution >= 4 is 32.9 Å². The molecule has 9 heteroatoms. The van der Waals surface area contributed by atoms with E-state index in [9.17, 15) is 16.8 Å². The molecule has 74 valence electrons. The highest BCUT2D eigenvalue weighted by molar-refractivity contribution is 8.01. The van der Waals surface area contributed by atoms with Gasteiger partial charge in [-0.25, -0.2) is 0 Å². The van der Waals surface area contributed by atoms with Crippen molar-refractivity contribution in [3.05, 3.63) is 0 Å². The smallest absolute Gasteiger partial charge is 0.277 e. The zero-order valence-corrected chi connectivity index (χ0v) is 8.31. The topological polar surface area (TPSA) is 109 Å². The molecule has 1 atom stereocenters. The molecule has 0 aliphatic rings. The first-order chi connectivity index (χ1) is 5.13. The average Bonchev–Trinajstić information content (AvgIpc) is 1.78.